The number of halogens is 1. The van der Waals surface area contributed by atoms with E-state index < -0.39 is 0 Å². The van der Waals surface area contributed by atoms with Gasteiger partial charge in [0.05, 0.1) is 5.71 Å². The fourth-order valence-corrected chi connectivity index (χ4v) is 2.26. The van der Waals surface area contributed by atoms with Gasteiger partial charge in [-0.3, -0.25) is 5.43 Å². The van der Waals surface area contributed by atoms with Crippen LogP contribution in [0.1, 0.15) is 24.0 Å². The van der Waals surface area contributed by atoms with Crippen LogP contribution in [-0.4, -0.2) is 10.8 Å². The van der Waals surface area contributed by atoms with Gasteiger partial charge < -0.3 is 5.73 Å². The molecule has 0 atom stereocenters. The number of nitrogens with one attached hydrogen (secondary N) is 1. The average molecular weight is 298 g/mol. The monoisotopic (exact) mass is 297 g/mol. The molecular weight excluding hydrogens is 286 g/mol. The zero-order chi connectivity index (χ0) is 11.5. The topological polar surface area (TPSA) is 50.4 Å². The fraction of sp³-hybridized carbons (Fsp3) is 0.273. The first-order chi connectivity index (χ1) is 7.66. The van der Waals surface area contributed by atoms with Crippen molar-refractivity contribution in [2.75, 3.05) is 0 Å². The van der Waals surface area contributed by atoms with Crippen molar-refractivity contribution >= 4 is 39.0 Å². The molecule has 3 N–H and O–H groups in total. The minimum atomic E-state index is 0.203. The van der Waals surface area contributed by atoms with Gasteiger partial charge in [-0.15, -0.1) is 0 Å². The van der Waals surface area contributed by atoms with Gasteiger partial charge in [-0.2, -0.15) is 5.10 Å². The largest absolute Gasteiger partial charge is 0.375 e. The van der Waals surface area contributed by atoms with E-state index in [2.05, 4.69) is 44.7 Å². The van der Waals surface area contributed by atoms with Crippen LogP contribution in [0.4, 0.5) is 0 Å². The van der Waals surface area contributed by atoms with E-state index in [1.807, 2.05) is 0 Å². The van der Waals surface area contributed by atoms with Crippen LogP contribution in [0.3, 0.4) is 0 Å². The van der Waals surface area contributed by atoms with Gasteiger partial charge in [0.2, 0.25) is 0 Å². The lowest BCUT2D eigenvalue weighted by Crippen LogP contribution is -2.26. The molecule has 0 saturated heterocycles. The molecule has 0 radical (unpaired) electrons. The number of hydrazone groups is 1. The predicted octanol–water partition coefficient (Wildman–Crippen LogP) is 2.32. The number of rotatable bonds is 1. The molecule has 5 heteroatoms. The standard InChI is InChI=1S/C11H12BrN3S/c12-8-5-4-7-2-1-3-10(9(7)6-8)14-15-11(13)16/h4-6H,1-3H2,(H3,13,15,16)/b14-10+. The van der Waals surface area contributed by atoms with Crippen molar-refractivity contribution in [3.05, 3.63) is 33.8 Å². The third kappa shape index (κ3) is 2.59. The van der Waals surface area contributed by atoms with Crippen LogP contribution in [0.5, 0.6) is 0 Å². The number of benzene rings is 1. The first-order valence-corrected chi connectivity index (χ1v) is 6.28. The Kier molecular flexibility index (Phi) is 3.56. The molecule has 1 aromatic rings. The predicted molar refractivity (Wildman–Crippen MR) is 73.5 cm³/mol. The Bertz CT molecular complexity index is 457. The van der Waals surface area contributed by atoms with E-state index >= 15 is 0 Å². The Balaban J connectivity index is 2.35. The van der Waals surface area contributed by atoms with Crippen molar-refractivity contribution < 1.29 is 0 Å². The Morgan fingerprint density at radius 2 is 2.25 bits per heavy atom. The van der Waals surface area contributed by atoms with Crippen LogP contribution in [0.2, 0.25) is 0 Å². The third-order valence-electron chi connectivity index (χ3n) is 2.54. The molecule has 0 spiro atoms. The number of nitrogens with zero attached hydrogens (tertiary/aromatic N) is 1. The number of hydrogen-bond acceptors (Lipinski definition) is 2. The Morgan fingerprint density at radius 3 is 3.00 bits per heavy atom. The summed E-state index contributed by atoms with van der Waals surface area (Å²) in [5, 5.41) is 4.45. The van der Waals surface area contributed by atoms with E-state index in [4.69, 9.17) is 18.0 Å². The maximum Gasteiger partial charge on any atom is 0.184 e. The van der Waals surface area contributed by atoms with Gasteiger partial charge in [0.25, 0.3) is 0 Å². The summed E-state index contributed by atoms with van der Waals surface area (Å²) >= 11 is 8.21. The van der Waals surface area contributed by atoms with E-state index in [0.29, 0.717) is 0 Å². The second-order valence-corrected chi connectivity index (χ2v) is 5.05. The molecule has 0 bridgehead atoms. The highest BCUT2D eigenvalue weighted by Gasteiger charge is 2.15. The summed E-state index contributed by atoms with van der Waals surface area (Å²) < 4.78 is 1.07. The highest BCUT2D eigenvalue weighted by Crippen LogP contribution is 2.24. The Morgan fingerprint density at radius 1 is 1.44 bits per heavy atom. The number of aryl methyl sites for hydroxylation is 1. The van der Waals surface area contributed by atoms with Crippen LogP contribution in [-0.2, 0) is 6.42 Å². The summed E-state index contributed by atoms with van der Waals surface area (Å²) in [6.45, 7) is 0. The van der Waals surface area contributed by atoms with Gasteiger partial charge >= 0.3 is 0 Å². The molecule has 0 unspecified atom stereocenters. The molecule has 0 saturated carbocycles. The SMILES string of the molecule is NC(=S)N/N=C1\CCCc2ccc(Br)cc21. The summed E-state index contributed by atoms with van der Waals surface area (Å²) in [5.74, 6) is 0. The fourth-order valence-electron chi connectivity index (χ4n) is 1.85. The first-order valence-electron chi connectivity index (χ1n) is 5.07. The summed E-state index contributed by atoms with van der Waals surface area (Å²) in [6.07, 6.45) is 3.18. The Labute approximate surface area is 108 Å². The minimum absolute atomic E-state index is 0.203. The average Bonchev–Trinajstić information content (AvgIpc) is 2.26. The summed E-state index contributed by atoms with van der Waals surface area (Å²) in [6, 6.07) is 6.28. The van der Waals surface area contributed by atoms with Crippen LogP contribution in [0.25, 0.3) is 0 Å². The molecule has 1 aliphatic rings. The Hall–Kier alpha value is -0.940. The molecule has 2 rings (SSSR count). The molecule has 1 aliphatic carbocycles. The van der Waals surface area contributed by atoms with Gasteiger partial charge in [-0.1, -0.05) is 22.0 Å². The molecule has 0 aliphatic heterocycles. The van der Waals surface area contributed by atoms with Gasteiger partial charge in [-0.25, -0.2) is 0 Å². The minimum Gasteiger partial charge on any atom is -0.375 e. The number of hydrogen-bond donors (Lipinski definition) is 2. The van der Waals surface area contributed by atoms with E-state index in [1.165, 1.54) is 11.1 Å². The molecule has 0 aromatic heterocycles. The lowest BCUT2D eigenvalue weighted by Gasteiger charge is -2.18. The zero-order valence-electron chi connectivity index (χ0n) is 8.66. The normalized spacial score (nSPS) is 16.9. The highest BCUT2D eigenvalue weighted by molar-refractivity contribution is 9.10. The molecule has 0 fully saturated rings. The van der Waals surface area contributed by atoms with Crippen LogP contribution >= 0.6 is 28.1 Å². The van der Waals surface area contributed by atoms with Crippen molar-refractivity contribution in [2.45, 2.75) is 19.3 Å². The van der Waals surface area contributed by atoms with E-state index in [1.54, 1.807) is 0 Å². The van der Waals surface area contributed by atoms with E-state index in [-0.39, 0.29) is 5.11 Å². The number of thiocarbonyl (C=S) groups is 1. The first kappa shape index (κ1) is 11.5. The van der Waals surface area contributed by atoms with Gasteiger partial charge in [0, 0.05) is 10.0 Å². The van der Waals surface area contributed by atoms with E-state index in [9.17, 15) is 0 Å². The molecular formula is C11H12BrN3S. The lowest BCUT2D eigenvalue weighted by atomic mass is 9.90. The van der Waals surface area contributed by atoms with Crippen molar-refractivity contribution in [1.29, 1.82) is 0 Å². The summed E-state index contributed by atoms with van der Waals surface area (Å²) in [4.78, 5) is 0. The lowest BCUT2D eigenvalue weighted by molar-refractivity contribution is 0.827. The van der Waals surface area contributed by atoms with Crippen LogP contribution in [0, 0.1) is 0 Å². The van der Waals surface area contributed by atoms with Gasteiger partial charge in [0.1, 0.15) is 0 Å². The maximum absolute atomic E-state index is 5.36. The van der Waals surface area contributed by atoms with Gasteiger partial charge in [0.15, 0.2) is 5.11 Å². The molecule has 16 heavy (non-hydrogen) atoms. The van der Waals surface area contributed by atoms with Crippen LogP contribution in [0.15, 0.2) is 27.8 Å². The quantitative estimate of drug-likeness (QED) is 0.618. The molecule has 0 heterocycles. The van der Waals surface area contributed by atoms with Crippen molar-refractivity contribution in [3.63, 3.8) is 0 Å². The van der Waals surface area contributed by atoms with Crippen molar-refractivity contribution in [2.24, 2.45) is 10.8 Å². The van der Waals surface area contributed by atoms with Crippen LogP contribution < -0.4 is 11.2 Å². The smallest absolute Gasteiger partial charge is 0.184 e. The summed E-state index contributed by atoms with van der Waals surface area (Å²) in [7, 11) is 0. The van der Waals surface area contributed by atoms with Crippen molar-refractivity contribution in [3.8, 4) is 0 Å². The molecule has 84 valence electrons. The number of nitrogens with two attached hydrogens (primary N) is 1. The molecule has 0 amide bonds. The van der Waals surface area contributed by atoms with Crippen molar-refractivity contribution in [1.82, 2.24) is 5.43 Å². The highest BCUT2D eigenvalue weighted by atomic mass is 79.9. The maximum atomic E-state index is 5.36. The summed E-state index contributed by atoms with van der Waals surface area (Å²) in [5.41, 5.74) is 11.6. The second kappa shape index (κ2) is 4.93. The zero-order valence-corrected chi connectivity index (χ0v) is 11.1. The van der Waals surface area contributed by atoms with Gasteiger partial charge in [-0.05, 0) is 49.2 Å². The molecule has 3 nitrogen and oxygen atoms in total. The molecule has 1 aromatic carbocycles. The number of fused-ring (bicyclic) bond motifs is 1. The third-order valence-corrected chi connectivity index (χ3v) is 3.13. The van der Waals surface area contributed by atoms with E-state index in [0.717, 1.165) is 29.4 Å². The second-order valence-electron chi connectivity index (χ2n) is 3.69.